The van der Waals surface area contributed by atoms with Crippen LogP contribution < -0.4 is 5.56 Å². The highest BCUT2D eigenvalue weighted by molar-refractivity contribution is 8.00. The van der Waals surface area contributed by atoms with E-state index >= 15 is 0 Å². The summed E-state index contributed by atoms with van der Waals surface area (Å²) in [6, 6.07) is 12.5. The summed E-state index contributed by atoms with van der Waals surface area (Å²) in [6.45, 7) is 7.82. The predicted molar refractivity (Wildman–Crippen MR) is 112 cm³/mol. The second-order valence-corrected chi connectivity index (χ2v) is 8.00. The molecular formula is C21H19ClN2O2S. The first kappa shape index (κ1) is 19.4. The number of aryl methyl sites for hydroxylation is 1. The maximum Gasteiger partial charge on any atom is 0.262 e. The van der Waals surface area contributed by atoms with E-state index in [2.05, 4.69) is 11.6 Å². The summed E-state index contributed by atoms with van der Waals surface area (Å²) < 4.78 is 1.52. The maximum absolute atomic E-state index is 12.9. The summed E-state index contributed by atoms with van der Waals surface area (Å²) in [5.74, 6) is -0.00407. The van der Waals surface area contributed by atoms with Gasteiger partial charge in [0.1, 0.15) is 0 Å². The Morgan fingerprint density at radius 2 is 2.00 bits per heavy atom. The van der Waals surface area contributed by atoms with E-state index < -0.39 is 0 Å². The van der Waals surface area contributed by atoms with Crippen LogP contribution in [0.3, 0.4) is 0 Å². The summed E-state index contributed by atoms with van der Waals surface area (Å²) in [7, 11) is 0. The monoisotopic (exact) mass is 398 g/mol. The van der Waals surface area contributed by atoms with Gasteiger partial charge < -0.3 is 0 Å². The molecule has 27 heavy (non-hydrogen) atoms. The number of benzene rings is 2. The lowest BCUT2D eigenvalue weighted by Crippen LogP contribution is -2.24. The van der Waals surface area contributed by atoms with Crippen LogP contribution in [0.5, 0.6) is 0 Å². The van der Waals surface area contributed by atoms with Crippen LogP contribution in [-0.4, -0.2) is 20.6 Å². The lowest BCUT2D eigenvalue weighted by Gasteiger charge is -2.15. The molecule has 0 aliphatic heterocycles. The quantitative estimate of drug-likeness (QED) is 0.256. The van der Waals surface area contributed by atoms with Gasteiger partial charge in [-0.1, -0.05) is 59.3 Å². The molecule has 0 radical (unpaired) electrons. The summed E-state index contributed by atoms with van der Waals surface area (Å²) in [5.41, 5.74) is 2.11. The van der Waals surface area contributed by atoms with E-state index in [1.54, 1.807) is 24.3 Å². The standard InChI is InChI=1S/C21H19ClN2O2S/c1-4-11-24-20(26)17-12-16(22)9-10-18(17)23-21(24)27-14(3)19(25)15-7-5-13(2)6-8-15/h4-10,12,14H,1,11H2,2-3H3/t14-/m1/s1. The molecule has 4 nitrogen and oxygen atoms in total. The Hall–Kier alpha value is -2.37. The van der Waals surface area contributed by atoms with Crippen molar-refractivity contribution >= 4 is 40.0 Å². The summed E-state index contributed by atoms with van der Waals surface area (Å²) in [6.07, 6.45) is 1.63. The van der Waals surface area contributed by atoms with Crippen LogP contribution in [0.1, 0.15) is 22.8 Å². The number of nitrogens with zero attached hydrogens (tertiary/aromatic N) is 2. The van der Waals surface area contributed by atoms with Crippen molar-refractivity contribution in [2.24, 2.45) is 0 Å². The molecule has 3 rings (SSSR count). The average Bonchev–Trinajstić information content (AvgIpc) is 2.65. The maximum atomic E-state index is 12.9. The number of hydrogen-bond acceptors (Lipinski definition) is 4. The molecule has 2 aromatic carbocycles. The average molecular weight is 399 g/mol. The van der Waals surface area contributed by atoms with Crippen LogP contribution in [0.2, 0.25) is 5.02 Å². The summed E-state index contributed by atoms with van der Waals surface area (Å²) >= 11 is 7.29. The zero-order valence-corrected chi connectivity index (χ0v) is 16.7. The molecule has 0 fully saturated rings. The smallest absolute Gasteiger partial charge is 0.262 e. The highest BCUT2D eigenvalue weighted by atomic mass is 35.5. The van der Waals surface area contributed by atoms with Crippen LogP contribution in [0.4, 0.5) is 0 Å². The molecule has 0 N–H and O–H groups in total. The number of carbonyl (C=O) groups is 1. The van der Waals surface area contributed by atoms with Crippen LogP contribution in [0.25, 0.3) is 10.9 Å². The van der Waals surface area contributed by atoms with Gasteiger partial charge in [-0.05, 0) is 32.0 Å². The van der Waals surface area contributed by atoms with E-state index in [-0.39, 0.29) is 16.6 Å². The van der Waals surface area contributed by atoms with Gasteiger partial charge >= 0.3 is 0 Å². The Morgan fingerprint density at radius 1 is 1.30 bits per heavy atom. The van der Waals surface area contributed by atoms with Gasteiger partial charge in [-0.3, -0.25) is 14.2 Å². The van der Waals surface area contributed by atoms with Crippen LogP contribution in [0.15, 0.2) is 65.1 Å². The molecule has 0 aliphatic carbocycles. The zero-order chi connectivity index (χ0) is 19.6. The molecule has 1 atom stereocenters. The first-order valence-electron chi connectivity index (χ1n) is 8.49. The van der Waals surface area contributed by atoms with Crippen molar-refractivity contribution in [3.05, 3.63) is 81.6 Å². The van der Waals surface area contributed by atoms with Gasteiger partial charge in [0.05, 0.1) is 16.2 Å². The summed E-state index contributed by atoms with van der Waals surface area (Å²) in [5, 5.41) is 1.03. The number of hydrogen-bond donors (Lipinski definition) is 0. The number of thioether (sulfide) groups is 1. The molecule has 1 aromatic heterocycles. The van der Waals surface area contributed by atoms with Crippen molar-refractivity contribution in [3.63, 3.8) is 0 Å². The van der Waals surface area contributed by atoms with Gasteiger partial charge in [0, 0.05) is 17.1 Å². The SMILES string of the molecule is C=CCn1c(S[C@H](C)C(=O)c2ccc(C)cc2)nc2ccc(Cl)cc2c1=O. The van der Waals surface area contributed by atoms with Crippen LogP contribution in [-0.2, 0) is 6.54 Å². The highest BCUT2D eigenvalue weighted by Crippen LogP contribution is 2.26. The van der Waals surface area contributed by atoms with Crippen molar-refractivity contribution in [1.29, 1.82) is 0 Å². The molecule has 0 bridgehead atoms. The minimum Gasteiger partial charge on any atom is -0.293 e. The Labute approximate surface area is 166 Å². The van der Waals surface area contributed by atoms with Crippen molar-refractivity contribution in [1.82, 2.24) is 9.55 Å². The van der Waals surface area contributed by atoms with E-state index in [9.17, 15) is 9.59 Å². The fourth-order valence-corrected chi connectivity index (χ4v) is 3.88. The minimum absolute atomic E-state index is 0.00407. The number of rotatable bonds is 6. The number of fused-ring (bicyclic) bond motifs is 1. The molecule has 3 aromatic rings. The molecule has 0 saturated carbocycles. The van der Waals surface area contributed by atoms with E-state index in [1.807, 2.05) is 38.1 Å². The number of Topliss-reactive ketones (excluding diaryl/α,β-unsaturated/α-hetero) is 1. The molecule has 6 heteroatoms. The highest BCUT2D eigenvalue weighted by Gasteiger charge is 2.20. The van der Waals surface area contributed by atoms with E-state index in [1.165, 1.54) is 16.3 Å². The molecule has 138 valence electrons. The molecule has 1 heterocycles. The van der Waals surface area contributed by atoms with E-state index in [4.69, 9.17) is 11.6 Å². The molecular weight excluding hydrogens is 380 g/mol. The minimum atomic E-state index is -0.388. The van der Waals surface area contributed by atoms with Gasteiger partial charge in [0.15, 0.2) is 10.9 Å². The van der Waals surface area contributed by atoms with Crippen molar-refractivity contribution < 1.29 is 4.79 Å². The van der Waals surface area contributed by atoms with Crippen molar-refractivity contribution in [3.8, 4) is 0 Å². The van der Waals surface area contributed by atoms with Crippen LogP contribution >= 0.6 is 23.4 Å². The molecule has 0 unspecified atom stereocenters. The van der Waals surface area contributed by atoms with Crippen molar-refractivity contribution in [2.45, 2.75) is 30.8 Å². The molecule has 0 saturated heterocycles. The largest absolute Gasteiger partial charge is 0.293 e. The van der Waals surface area contributed by atoms with E-state index in [0.29, 0.717) is 33.2 Å². The fourth-order valence-electron chi connectivity index (χ4n) is 2.72. The summed E-state index contributed by atoms with van der Waals surface area (Å²) in [4.78, 5) is 30.2. The third-order valence-electron chi connectivity index (χ3n) is 4.18. The van der Waals surface area contributed by atoms with Gasteiger partial charge in [-0.25, -0.2) is 4.98 Å². The molecule has 0 amide bonds. The Bertz CT molecular complexity index is 1070. The van der Waals surface area contributed by atoms with Gasteiger partial charge in [0.2, 0.25) is 0 Å². The second-order valence-electron chi connectivity index (χ2n) is 6.25. The topological polar surface area (TPSA) is 52.0 Å². The number of ketones is 1. The molecule has 0 aliphatic rings. The van der Waals surface area contributed by atoms with Crippen LogP contribution in [0, 0.1) is 6.92 Å². The second kappa shape index (κ2) is 8.11. The lowest BCUT2D eigenvalue weighted by atomic mass is 10.1. The Balaban J connectivity index is 1.99. The zero-order valence-electron chi connectivity index (χ0n) is 15.1. The normalized spacial score (nSPS) is 12.1. The van der Waals surface area contributed by atoms with Crippen molar-refractivity contribution in [2.75, 3.05) is 0 Å². The van der Waals surface area contributed by atoms with Gasteiger partial charge in [0.25, 0.3) is 5.56 Å². The first-order valence-corrected chi connectivity index (χ1v) is 9.75. The van der Waals surface area contributed by atoms with Gasteiger partial charge in [-0.2, -0.15) is 0 Å². The number of halogens is 1. The third kappa shape index (κ3) is 4.15. The lowest BCUT2D eigenvalue weighted by molar-refractivity contribution is 0.0994. The van der Waals surface area contributed by atoms with E-state index in [0.717, 1.165) is 5.56 Å². The molecule has 0 spiro atoms. The Morgan fingerprint density at radius 3 is 2.67 bits per heavy atom. The van der Waals surface area contributed by atoms with Gasteiger partial charge in [-0.15, -0.1) is 6.58 Å². The number of allylic oxidation sites excluding steroid dienone is 1. The predicted octanol–water partition coefficient (Wildman–Crippen LogP) is 4.91. The number of carbonyl (C=O) groups excluding carboxylic acids is 1. The number of aromatic nitrogens is 2. The Kier molecular flexibility index (Phi) is 5.82. The third-order valence-corrected chi connectivity index (χ3v) is 5.51. The fraction of sp³-hybridized carbons (Fsp3) is 0.190. The first-order chi connectivity index (χ1) is 12.9.